The van der Waals surface area contributed by atoms with Gasteiger partial charge in [-0.15, -0.1) is 0 Å². The molecular weight excluding hydrogens is 444 g/mol. The minimum Gasteiger partial charge on any atom is -0.507 e. The summed E-state index contributed by atoms with van der Waals surface area (Å²) in [6.45, 7) is 1.76. The molecule has 1 N–H and O–H groups in total. The number of aliphatic hydroxyl groups is 1. The highest BCUT2D eigenvalue weighted by Gasteiger charge is 2.48. The van der Waals surface area contributed by atoms with Gasteiger partial charge in [-0.1, -0.05) is 23.7 Å². The molecular formula is C25H21ClN2O5. The summed E-state index contributed by atoms with van der Waals surface area (Å²) < 4.78 is 10.6. The zero-order valence-electron chi connectivity index (χ0n) is 18.2. The summed E-state index contributed by atoms with van der Waals surface area (Å²) in [6, 6.07) is 14.1. The maximum atomic E-state index is 13.2. The van der Waals surface area contributed by atoms with E-state index in [9.17, 15) is 14.7 Å². The highest BCUT2D eigenvalue weighted by atomic mass is 35.5. The van der Waals surface area contributed by atoms with Crippen molar-refractivity contribution in [3.8, 4) is 11.5 Å². The third-order valence-electron chi connectivity index (χ3n) is 5.57. The number of aromatic nitrogens is 1. The van der Waals surface area contributed by atoms with Gasteiger partial charge in [-0.05, 0) is 55.0 Å². The van der Waals surface area contributed by atoms with Gasteiger partial charge in [0, 0.05) is 22.5 Å². The molecule has 1 saturated heterocycles. The summed E-state index contributed by atoms with van der Waals surface area (Å²) in [4.78, 5) is 32.2. The van der Waals surface area contributed by atoms with Gasteiger partial charge in [-0.2, -0.15) is 0 Å². The first-order valence-corrected chi connectivity index (χ1v) is 10.5. The Morgan fingerprint density at radius 1 is 1.03 bits per heavy atom. The number of amides is 1. The molecule has 2 aromatic carbocycles. The highest BCUT2D eigenvalue weighted by molar-refractivity contribution is 6.52. The van der Waals surface area contributed by atoms with Crippen molar-refractivity contribution in [2.45, 2.75) is 13.0 Å². The molecule has 2 heterocycles. The monoisotopic (exact) mass is 464 g/mol. The maximum Gasteiger partial charge on any atom is 0.300 e. The Morgan fingerprint density at radius 3 is 2.45 bits per heavy atom. The number of aliphatic hydroxyl groups excluding tert-OH is 1. The van der Waals surface area contributed by atoms with Gasteiger partial charge in [0.1, 0.15) is 11.8 Å². The van der Waals surface area contributed by atoms with Crippen molar-refractivity contribution in [2.24, 2.45) is 0 Å². The number of carbonyl (C=O) groups is 2. The Hall–Kier alpha value is -3.84. The van der Waals surface area contributed by atoms with Gasteiger partial charge >= 0.3 is 0 Å². The molecule has 1 aromatic heterocycles. The fraction of sp³-hybridized carbons (Fsp3) is 0.160. The largest absolute Gasteiger partial charge is 0.507 e. The smallest absolute Gasteiger partial charge is 0.300 e. The van der Waals surface area contributed by atoms with Crippen LogP contribution in [0.2, 0.25) is 5.02 Å². The van der Waals surface area contributed by atoms with Gasteiger partial charge in [-0.3, -0.25) is 19.5 Å². The van der Waals surface area contributed by atoms with E-state index in [1.54, 1.807) is 67.7 Å². The molecule has 0 bridgehead atoms. The average Bonchev–Trinajstić information content (AvgIpc) is 3.10. The number of halogens is 1. The van der Waals surface area contributed by atoms with Crippen LogP contribution < -0.4 is 14.4 Å². The summed E-state index contributed by atoms with van der Waals surface area (Å²) in [6.07, 6.45) is 1.57. The lowest BCUT2D eigenvalue weighted by Gasteiger charge is -2.26. The number of pyridine rings is 1. The normalized spacial score (nSPS) is 17.3. The molecule has 1 fully saturated rings. The van der Waals surface area contributed by atoms with Crippen LogP contribution in [0.15, 0.2) is 66.4 Å². The van der Waals surface area contributed by atoms with Gasteiger partial charge in [-0.25, -0.2) is 0 Å². The quantitative estimate of drug-likeness (QED) is 0.335. The molecule has 1 atom stereocenters. The first kappa shape index (κ1) is 22.4. The summed E-state index contributed by atoms with van der Waals surface area (Å²) in [7, 11) is 2.97. The molecule has 0 radical (unpaired) electrons. The summed E-state index contributed by atoms with van der Waals surface area (Å²) >= 11 is 6.30. The van der Waals surface area contributed by atoms with Crippen LogP contribution in [0.4, 0.5) is 5.69 Å². The minimum atomic E-state index is -0.948. The number of carbonyl (C=O) groups excluding carboxylic acids is 2. The highest BCUT2D eigenvalue weighted by Crippen LogP contribution is 2.44. The molecule has 1 unspecified atom stereocenters. The third-order valence-corrected chi connectivity index (χ3v) is 5.98. The van der Waals surface area contributed by atoms with Crippen LogP contribution in [-0.4, -0.2) is 36.0 Å². The van der Waals surface area contributed by atoms with Crippen molar-refractivity contribution in [2.75, 3.05) is 19.1 Å². The fourth-order valence-electron chi connectivity index (χ4n) is 3.89. The van der Waals surface area contributed by atoms with E-state index in [0.29, 0.717) is 39.0 Å². The molecule has 168 valence electrons. The summed E-state index contributed by atoms with van der Waals surface area (Å²) in [5.41, 5.74) is 1.75. The Kier molecular flexibility index (Phi) is 6.07. The number of ketones is 1. The van der Waals surface area contributed by atoms with Crippen molar-refractivity contribution >= 4 is 34.7 Å². The van der Waals surface area contributed by atoms with Gasteiger partial charge < -0.3 is 14.6 Å². The lowest BCUT2D eigenvalue weighted by molar-refractivity contribution is -0.132. The standard InChI is InChI=1S/C25H21ClN2O5/c1-14-16(26)7-6-9-18(14)28-22(17-8-4-5-12-27-17)21(24(30)25(28)31)23(29)15-10-11-19(32-2)20(13-15)33-3/h4-13,22,29H,1-3H3/b23-21+. The van der Waals surface area contributed by atoms with Crippen molar-refractivity contribution in [3.05, 3.63) is 88.2 Å². The van der Waals surface area contributed by atoms with Crippen molar-refractivity contribution in [1.29, 1.82) is 0 Å². The van der Waals surface area contributed by atoms with Gasteiger partial charge in [0.2, 0.25) is 0 Å². The number of rotatable bonds is 5. The molecule has 1 amide bonds. The van der Waals surface area contributed by atoms with E-state index < -0.39 is 17.7 Å². The average molecular weight is 465 g/mol. The lowest BCUT2D eigenvalue weighted by Crippen LogP contribution is -2.30. The number of hydrogen-bond acceptors (Lipinski definition) is 6. The van der Waals surface area contributed by atoms with Crippen molar-refractivity contribution in [3.63, 3.8) is 0 Å². The summed E-state index contributed by atoms with van der Waals surface area (Å²) in [5, 5.41) is 11.7. The predicted molar refractivity (Wildman–Crippen MR) is 125 cm³/mol. The first-order valence-electron chi connectivity index (χ1n) is 10.1. The second kappa shape index (κ2) is 8.96. The SMILES string of the molecule is COc1ccc(/C(O)=C2\C(=O)C(=O)N(c3cccc(Cl)c3C)C2c2ccccn2)cc1OC. The van der Waals surface area contributed by atoms with E-state index in [1.807, 2.05) is 0 Å². The number of hydrogen-bond donors (Lipinski definition) is 1. The van der Waals surface area contributed by atoms with E-state index in [1.165, 1.54) is 19.1 Å². The molecule has 0 saturated carbocycles. The topological polar surface area (TPSA) is 89.0 Å². The Morgan fingerprint density at radius 2 is 1.79 bits per heavy atom. The molecule has 1 aliphatic heterocycles. The molecule has 3 aromatic rings. The van der Waals surface area contributed by atoms with E-state index in [4.69, 9.17) is 21.1 Å². The fourth-order valence-corrected chi connectivity index (χ4v) is 4.06. The van der Waals surface area contributed by atoms with Gasteiger partial charge in [0.15, 0.2) is 11.5 Å². The minimum absolute atomic E-state index is 0.0784. The number of ether oxygens (including phenoxy) is 2. The number of methoxy groups -OCH3 is 2. The van der Waals surface area contributed by atoms with Crippen LogP contribution in [-0.2, 0) is 9.59 Å². The molecule has 0 spiro atoms. The van der Waals surface area contributed by atoms with E-state index >= 15 is 0 Å². The second-order valence-corrected chi connectivity index (χ2v) is 7.78. The first-order chi connectivity index (χ1) is 15.9. The van der Waals surface area contributed by atoms with Gasteiger partial charge in [0.05, 0.1) is 25.5 Å². The number of benzene rings is 2. The van der Waals surface area contributed by atoms with E-state index in [0.717, 1.165) is 0 Å². The van der Waals surface area contributed by atoms with E-state index in [2.05, 4.69) is 4.98 Å². The molecule has 8 heteroatoms. The molecule has 7 nitrogen and oxygen atoms in total. The summed E-state index contributed by atoms with van der Waals surface area (Å²) in [5.74, 6) is -1.11. The Balaban J connectivity index is 1.96. The second-order valence-electron chi connectivity index (χ2n) is 7.38. The Labute approximate surface area is 195 Å². The molecule has 1 aliphatic rings. The Bertz CT molecular complexity index is 1270. The predicted octanol–water partition coefficient (Wildman–Crippen LogP) is 4.69. The maximum absolute atomic E-state index is 13.2. The van der Waals surface area contributed by atoms with Crippen LogP contribution in [0.5, 0.6) is 11.5 Å². The third kappa shape index (κ3) is 3.81. The van der Waals surface area contributed by atoms with Crippen molar-refractivity contribution < 1.29 is 24.2 Å². The van der Waals surface area contributed by atoms with E-state index in [-0.39, 0.29) is 11.3 Å². The van der Waals surface area contributed by atoms with Gasteiger partial charge in [0.25, 0.3) is 11.7 Å². The zero-order valence-corrected chi connectivity index (χ0v) is 19.0. The number of anilines is 1. The van der Waals surface area contributed by atoms with Crippen LogP contribution in [0, 0.1) is 6.92 Å². The van der Waals surface area contributed by atoms with Crippen LogP contribution in [0.25, 0.3) is 5.76 Å². The number of nitrogens with zero attached hydrogens (tertiary/aromatic N) is 2. The van der Waals surface area contributed by atoms with Crippen molar-refractivity contribution in [1.82, 2.24) is 4.98 Å². The molecule has 33 heavy (non-hydrogen) atoms. The zero-order chi connectivity index (χ0) is 23.7. The lowest BCUT2D eigenvalue weighted by atomic mass is 9.97. The van der Waals surface area contributed by atoms with Crippen LogP contribution in [0.1, 0.15) is 22.9 Å². The number of Topliss-reactive ketones (excluding diaryl/α,β-unsaturated/α-hetero) is 1. The molecule has 4 rings (SSSR count). The van der Waals surface area contributed by atoms with Crippen LogP contribution in [0.3, 0.4) is 0 Å². The molecule has 0 aliphatic carbocycles. The van der Waals surface area contributed by atoms with Crippen LogP contribution >= 0.6 is 11.6 Å².